The molecule has 0 fully saturated rings. The van der Waals surface area contributed by atoms with Crippen molar-refractivity contribution in [3.8, 4) is 0 Å². The SMILES string of the molecule is OC1C=NCC1.[U]. The minimum absolute atomic E-state index is 0. The van der Waals surface area contributed by atoms with Crippen molar-refractivity contribution in [2.45, 2.75) is 12.5 Å². The Hall–Kier alpha value is 0.682. The summed E-state index contributed by atoms with van der Waals surface area (Å²) in [5, 5.41) is 8.58. The van der Waals surface area contributed by atoms with Crippen LogP contribution in [-0.2, 0) is 0 Å². The van der Waals surface area contributed by atoms with Crippen molar-refractivity contribution in [2.75, 3.05) is 6.54 Å². The summed E-state index contributed by atoms with van der Waals surface area (Å²) >= 11 is 0. The molecular weight excluding hydrogens is 316 g/mol. The van der Waals surface area contributed by atoms with Crippen LogP contribution >= 0.6 is 0 Å². The van der Waals surface area contributed by atoms with Crippen LogP contribution < -0.4 is 0 Å². The first-order valence-electron chi connectivity index (χ1n) is 2.07. The Kier molecular flexibility index (Phi) is 4.01. The van der Waals surface area contributed by atoms with Crippen LogP contribution in [0.25, 0.3) is 0 Å². The zero-order chi connectivity index (χ0) is 4.41. The van der Waals surface area contributed by atoms with Crippen molar-refractivity contribution in [3.05, 3.63) is 0 Å². The first-order chi connectivity index (χ1) is 2.89. The van der Waals surface area contributed by atoms with Gasteiger partial charge in [0.2, 0.25) is 0 Å². The monoisotopic (exact) mass is 323 g/mol. The van der Waals surface area contributed by atoms with Crippen molar-refractivity contribution < 1.29 is 36.2 Å². The van der Waals surface area contributed by atoms with Crippen molar-refractivity contribution in [3.63, 3.8) is 0 Å². The van der Waals surface area contributed by atoms with Crippen molar-refractivity contribution in [1.29, 1.82) is 0 Å². The van der Waals surface area contributed by atoms with Crippen LogP contribution in [0.3, 0.4) is 0 Å². The van der Waals surface area contributed by atoms with Gasteiger partial charge in [-0.25, -0.2) is 0 Å². The van der Waals surface area contributed by atoms with Crippen LogP contribution in [-0.4, -0.2) is 24.0 Å². The van der Waals surface area contributed by atoms with Gasteiger partial charge in [-0.1, -0.05) is 0 Å². The summed E-state index contributed by atoms with van der Waals surface area (Å²) in [7, 11) is 0. The van der Waals surface area contributed by atoms with Crippen LogP contribution in [0, 0.1) is 31.1 Å². The Balaban J connectivity index is 0.000000360. The number of hydrogen-bond acceptors (Lipinski definition) is 2. The summed E-state index contributed by atoms with van der Waals surface area (Å²) < 4.78 is 0. The molecule has 3 heteroatoms. The number of nitrogens with zero attached hydrogens (tertiary/aromatic N) is 1. The van der Waals surface area contributed by atoms with Gasteiger partial charge in [0.1, 0.15) is 0 Å². The summed E-state index contributed by atoms with van der Waals surface area (Å²) in [5.41, 5.74) is 0. The van der Waals surface area contributed by atoms with Crippen molar-refractivity contribution in [2.24, 2.45) is 4.99 Å². The summed E-state index contributed by atoms with van der Waals surface area (Å²) in [4.78, 5) is 3.79. The van der Waals surface area contributed by atoms with E-state index in [1.54, 1.807) is 6.21 Å². The summed E-state index contributed by atoms with van der Waals surface area (Å²) in [6.07, 6.45) is 2.16. The summed E-state index contributed by atoms with van der Waals surface area (Å²) in [6, 6.07) is 0. The van der Waals surface area contributed by atoms with E-state index in [-0.39, 0.29) is 37.2 Å². The maximum atomic E-state index is 8.58. The third-order valence-electron chi connectivity index (χ3n) is 0.831. The summed E-state index contributed by atoms with van der Waals surface area (Å²) in [5.74, 6) is 0. The quantitative estimate of drug-likeness (QED) is 0.659. The van der Waals surface area contributed by atoms with Gasteiger partial charge in [-0.2, -0.15) is 0 Å². The van der Waals surface area contributed by atoms with E-state index >= 15 is 0 Å². The molecule has 0 aromatic heterocycles. The number of aliphatic hydroxyl groups is 1. The number of hydrogen-bond donors (Lipinski definition) is 1. The molecule has 2 nitrogen and oxygen atoms in total. The first kappa shape index (κ1) is 7.68. The molecule has 0 aromatic rings. The first-order valence-corrected chi connectivity index (χ1v) is 2.07. The third kappa shape index (κ3) is 2.48. The molecule has 1 N–H and O–H groups in total. The van der Waals surface area contributed by atoms with Gasteiger partial charge < -0.3 is 5.11 Å². The van der Waals surface area contributed by atoms with E-state index in [9.17, 15) is 0 Å². The second-order valence-electron chi connectivity index (χ2n) is 1.41. The zero-order valence-electron chi connectivity index (χ0n) is 3.96. The Labute approximate surface area is 66.4 Å². The Morgan fingerprint density at radius 1 is 1.71 bits per heavy atom. The zero-order valence-corrected chi connectivity index (χ0v) is 8.13. The fourth-order valence-corrected chi connectivity index (χ4v) is 0.478. The second kappa shape index (κ2) is 3.66. The number of aliphatic imine (C=N–C) groups is 1. The predicted molar refractivity (Wildman–Crippen MR) is 24.0 cm³/mol. The molecule has 1 atom stereocenters. The minimum Gasteiger partial charge on any atom is -0.387 e. The van der Waals surface area contributed by atoms with Crippen molar-refractivity contribution in [1.82, 2.24) is 0 Å². The smallest absolute Gasteiger partial charge is 0.0904 e. The van der Waals surface area contributed by atoms with E-state index in [0.717, 1.165) is 13.0 Å². The van der Waals surface area contributed by atoms with E-state index in [4.69, 9.17) is 5.11 Å². The molecule has 1 rings (SSSR count). The molecule has 0 bridgehead atoms. The van der Waals surface area contributed by atoms with E-state index in [2.05, 4.69) is 4.99 Å². The van der Waals surface area contributed by atoms with E-state index in [0.29, 0.717) is 0 Å². The molecule has 38 valence electrons. The maximum Gasteiger partial charge on any atom is 0.0904 e. The average molecular weight is 323 g/mol. The third-order valence-corrected chi connectivity index (χ3v) is 0.831. The fraction of sp³-hybridized carbons (Fsp3) is 0.750. The largest absolute Gasteiger partial charge is 0.387 e. The fourth-order valence-electron chi connectivity index (χ4n) is 0.478. The standard InChI is InChI=1S/C4H7NO.U/c6-4-1-2-5-3-4;/h3-4,6H,1-2H2;. The van der Waals surface area contributed by atoms with Gasteiger partial charge in [0.05, 0.1) is 6.10 Å². The van der Waals surface area contributed by atoms with Gasteiger partial charge in [-0.3, -0.25) is 4.99 Å². The van der Waals surface area contributed by atoms with Gasteiger partial charge in [0.25, 0.3) is 0 Å². The molecule has 1 heterocycles. The van der Waals surface area contributed by atoms with Gasteiger partial charge in [-0.15, -0.1) is 0 Å². The van der Waals surface area contributed by atoms with E-state index < -0.39 is 0 Å². The van der Waals surface area contributed by atoms with E-state index in [1.807, 2.05) is 0 Å². The van der Waals surface area contributed by atoms with Gasteiger partial charge in [-0.05, 0) is 6.42 Å². The molecule has 0 saturated carbocycles. The molecule has 1 aliphatic rings. The Bertz CT molecular complexity index is 74.1. The topological polar surface area (TPSA) is 32.6 Å². The average Bonchev–Trinajstić information content (AvgIpc) is 1.86. The minimum atomic E-state index is -0.245. The van der Waals surface area contributed by atoms with Gasteiger partial charge in [0, 0.05) is 43.9 Å². The van der Waals surface area contributed by atoms with Crippen LogP contribution in [0.5, 0.6) is 0 Å². The molecule has 0 amide bonds. The van der Waals surface area contributed by atoms with Gasteiger partial charge in [0.15, 0.2) is 0 Å². The molecule has 0 saturated heterocycles. The maximum absolute atomic E-state index is 8.58. The normalized spacial score (nSPS) is 27.3. The second-order valence-corrected chi connectivity index (χ2v) is 1.41. The Morgan fingerprint density at radius 2 is 2.43 bits per heavy atom. The molecule has 1 aliphatic heterocycles. The van der Waals surface area contributed by atoms with Crippen LogP contribution in [0.15, 0.2) is 4.99 Å². The van der Waals surface area contributed by atoms with Crippen LogP contribution in [0.2, 0.25) is 0 Å². The Morgan fingerprint density at radius 3 is 2.57 bits per heavy atom. The van der Waals surface area contributed by atoms with Crippen LogP contribution in [0.1, 0.15) is 6.42 Å². The summed E-state index contributed by atoms with van der Waals surface area (Å²) in [6.45, 7) is 0.807. The molecule has 0 spiro atoms. The van der Waals surface area contributed by atoms with Gasteiger partial charge >= 0.3 is 0 Å². The molecule has 0 aliphatic carbocycles. The molecule has 7 heavy (non-hydrogen) atoms. The van der Waals surface area contributed by atoms with Crippen LogP contribution in [0.4, 0.5) is 0 Å². The van der Waals surface area contributed by atoms with Crippen molar-refractivity contribution >= 4 is 6.21 Å². The molecule has 1 unspecified atom stereocenters. The molecular formula is C4H7NOU. The predicted octanol–water partition coefficient (Wildman–Crippen LogP) is -0.178. The number of rotatable bonds is 0. The van der Waals surface area contributed by atoms with E-state index in [1.165, 1.54) is 0 Å². The number of aliphatic hydroxyl groups excluding tert-OH is 1. The molecule has 0 aromatic carbocycles. The molecule has 0 radical (unpaired) electrons.